The van der Waals surface area contributed by atoms with Crippen LogP contribution in [0.2, 0.25) is 0 Å². The van der Waals surface area contributed by atoms with Gasteiger partial charge < -0.3 is 10.4 Å². The van der Waals surface area contributed by atoms with Gasteiger partial charge in [0, 0.05) is 18.6 Å². The summed E-state index contributed by atoms with van der Waals surface area (Å²) in [4.78, 5) is 25.0. The van der Waals surface area contributed by atoms with Gasteiger partial charge in [0.15, 0.2) is 0 Å². The van der Waals surface area contributed by atoms with Crippen molar-refractivity contribution in [2.24, 2.45) is 0 Å². The number of piperidine rings is 1. The number of carbonyl (C=O) groups is 2. The Balaban J connectivity index is 2.27. The van der Waals surface area contributed by atoms with Gasteiger partial charge in [-0.2, -0.15) is 0 Å². The first kappa shape index (κ1) is 14.9. The van der Waals surface area contributed by atoms with Crippen LogP contribution in [0.5, 0.6) is 0 Å². The normalized spacial score (nSPS) is 18.4. The maximum atomic E-state index is 11.6. The van der Waals surface area contributed by atoms with E-state index in [1.807, 2.05) is 25.7 Å². The Labute approximate surface area is 108 Å². The van der Waals surface area contributed by atoms with E-state index in [0.717, 1.165) is 0 Å². The fourth-order valence-corrected chi connectivity index (χ4v) is 1.82. The molecule has 1 aliphatic rings. The Morgan fingerprint density at radius 3 is 2.33 bits per heavy atom. The van der Waals surface area contributed by atoms with Crippen molar-refractivity contribution < 1.29 is 14.7 Å². The molecule has 0 aromatic carbocycles. The summed E-state index contributed by atoms with van der Waals surface area (Å²) < 4.78 is 0. The SMILES string of the molecule is CC(C)(C)NC(=O)NC(=O)CN1CCC(O)CC1. The number of carbonyl (C=O) groups excluding carboxylic acids is 2. The minimum Gasteiger partial charge on any atom is -0.393 e. The van der Waals surface area contributed by atoms with Crippen LogP contribution >= 0.6 is 0 Å². The molecule has 1 saturated heterocycles. The summed E-state index contributed by atoms with van der Waals surface area (Å²) in [6.45, 7) is 7.13. The Morgan fingerprint density at radius 2 is 1.83 bits per heavy atom. The second-order valence-corrected chi connectivity index (χ2v) is 5.76. The Kier molecular flexibility index (Phi) is 5.10. The van der Waals surface area contributed by atoms with Gasteiger partial charge in [0.05, 0.1) is 12.6 Å². The van der Waals surface area contributed by atoms with E-state index in [0.29, 0.717) is 25.9 Å². The molecule has 0 atom stereocenters. The first-order valence-electron chi connectivity index (χ1n) is 6.29. The van der Waals surface area contributed by atoms with Crippen LogP contribution in [0.4, 0.5) is 4.79 Å². The topological polar surface area (TPSA) is 81.7 Å². The van der Waals surface area contributed by atoms with Gasteiger partial charge in [-0.1, -0.05) is 0 Å². The summed E-state index contributed by atoms with van der Waals surface area (Å²) in [6, 6.07) is -0.468. The minimum absolute atomic E-state index is 0.199. The van der Waals surface area contributed by atoms with Crippen LogP contribution in [0.15, 0.2) is 0 Å². The van der Waals surface area contributed by atoms with Gasteiger partial charge in [-0.3, -0.25) is 15.0 Å². The maximum absolute atomic E-state index is 11.6. The van der Waals surface area contributed by atoms with Crippen molar-refractivity contribution in [3.63, 3.8) is 0 Å². The molecule has 6 heteroatoms. The summed E-state index contributed by atoms with van der Waals surface area (Å²) in [6.07, 6.45) is 1.11. The predicted molar refractivity (Wildman–Crippen MR) is 68.1 cm³/mol. The first-order chi connectivity index (χ1) is 8.26. The highest BCUT2D eigenvalue weighted by atomic mass is 16.3. The summed E-state index contributed by atoms with van der Waals surface area (Å²) in [5.41, 5.74) is -0.362. The summed E-state index contributed by atoms with van der Waals surface area (Å²) in [5, 5.41) is 14.3. The van der Waals surface area contributed by atoms with Crippen LogP contribution in [0, 0.1) is 0 Å². The molecule has 1 aliphatic heterocycles. The maximum Gasteiger partial charge on any atom is 0.321 e. The molecule has 0 unspecified atom stereocenters. The molecule has 104 valence electrons. The van der Waals surface area contributed by atoms with E-state index < -0.39 is 6.03 Å². The number of likely N-dealkylation sites (tertiary alicyclic amines) is 1. The third kappa shape index (κ3) is 5.97. The van der Waals surface area contributed by atoms with E-state index in [9.17, 15) is 14.7 Å². The highest BCUT2D eigenvalue weighted by Crippen LogP contribution is 2.08. The van der Waals surface area contributed by atoms with Crippen LogP contribution in [0.1, 0.15) is 33.6 Å². The molecule has 0 spiro atoms. The lowest BCUT2D eigenvalue weighted by molar-refractivity contribution is -0.121. The lowest BCUT2D eigenvalue weighted by atomic mass is 10.1. The molecule has 3 N–H and O–H groups in total. The molecule has 18 heavy (non-hydrogen) atoms. The zero-order valence-corrected chi connectivity index (χ0v) is 11.3. The summed E-state index contributed by atoms with van der Waals surface area (Å²) in [5.74, 6) is -0.312. The number of rotatable bonds is 2. The van der Waals surface area contributed by atoms with Gasteiger partial charge in [-0.25, -0.2) is 4.79 Å². The number of aliphatic hydroxyl groups is 1. The number of aliphatic hydroxyl groups excluding tert-OH is 1. The molecule has 0 aromatic heterocycles. The first-order valence-corrected chi connectivity index (χ1v) is 6.29. The minimum atomic E-state index is -0.468. The third-order valence-electron chi connectivity index (χ3n) is 2.67. The quantitative estimate of drug-likeness (QED) is 0.654. The van der Waals surface area contributed by atoms with Crippen molar-refractivity contribution in [2.45, 2.75) is 45.3 Å². The van der Waals surface area contributed by atoms with Crippen LogP contribution in [0.3, 0.4) is 0 Å². The number of hydrogen-bond donors (Lipinski definition) is 3. The lowest BCUT2D eigenvalue weighted by Crippen LogP contribution is -2.51. The Morgan fingerprint density at radius 1 is 1.28 bits per heavy atom. The van der Waals surface area contributed by atoms with Crippen molar-refractivity contribution in [3.8, 4) is 0 Å². The van der Waals surface area contributed by atoms with Crippen molar-refractivity contribution >= 4 is 11.9 Å². The monoisotopic (exact) mass is 257 g/mol. The Bertz CT molecular complexity index is 304. The number of nitrogens with zero attached hydrogens (tertiary/aromatic N) is 1. The van der Waals surface area contributed by atoms with Crippen LogP contribution in [0.25, 0.3) is 0 Å². The summed E-state index contributed by atoms with van der Waals surface area (Å²) >= 11 is 0. The van der Waals surface area contributed by atoms with Crippen LogP contribution in [-0.4, -0.2) is 53.2 Å². The van der Waals surface area contributed by atoms with E-state index >= 15 is 0 Å². The van der Waals surface area contributed by atoms with Crippen LogP contribution in [-0.2, 0) is 4.79 Å². The molecular formula is C12H23N3O3. The zero-order valence-electron chi connectivity index (χ0n) is 11.3. The number of nitrogens with one attached hydrogen (secondary N) is 2. The highest BCUT2D eigenvalue weighted by molar-refractivity contribution is 5.95. The number of imide groups is 1. The predicted octanol–water partition coefficient (Wildman–Crippen LogP) is 0.0674. The molecule has 0 saturated carbocycles. The molecule has 6 nitrogen and oxygen atoms in total. The van der Waals surface area contributed by atoms with Crippen molar-refractivity contribution in [1.82, 2.24) is 15.5 Å². The van der Waals surface area contributed by atoms with E-state index in [2.05, 4.69) is 10.6 Å². The van der Waals surface area contributed by atoms with Crippen molar-refractivity contribution in [1.29, 1.82) is 0 Å². The van der Waals surface area contributed by atoms with Crippen LogP contribution < -0.4 is 10.6 Å². The van der Waals surface area contributed by atoms with E-state index in [4.69, 9.17) is 0 Å². The fourth-order valence-electron chi connectivity index (χ4n) is 1.82. The summed E-state index contributed by atoms with van der Waals surface area (Å²) in [7, 11) is 0. The van der Waals surface area contributed by atoms with Gasteiger partial charge in [0.1, 0.15) is 0 Å². The highest BCUT2D eigenvalue weighted by Gasteiger charge is 2.20. The molecule has 0 aliphatic carbocycles. The van der Waals surface area contributed by atoms with E-state index in [-0.39, 0.29) is 24.1 Å². The van der Waals surface area contributed by atoms with E-state index in [1.165, 1.54) is 0 Å². The number of hydrogen-bond acceptors (Lipinski definition) is 4. The van der Waals surface area contributed by atoms with Crippen molar-refractivity contribution in [3.05, 3.63) is 0 Å². The standard InChI is InChI=1S/C12H23N3O3/c1-12(2,3)14-11(18)13-10(17)8-15-6-4-9(16)5-7-15/h9,16H,4-8H2,1-3H3,(H2,13,14,17,18). The molecule has 3 amide bonds. The molecular weight excluding hydrogens is 234 g/mol. The van der Waals surface area contributed by atoms with Gasteiger partial charge in [-0.05, 0) is 33.6 Å². The molecule has 0 aromatic rings. The van der Waals surface area contributed by atoms with E-state index in [1.54, 1.807) is 0 Å². The molecule has 1 rings (SSSR count). The smallest absolute Gasteiger partial charge is 0.321 e. The fraction of sp³-hybridized carbons (Fsp3) is 0.833. The van der Waals surface area contributed by atoms with Gasteiger partial charge in [0.2, 0.25) is 5.91 Å². The second kappa shape index (κ2) is 6.15. The average molecular weight is 257 g/mol. The van der Waals surface area contributed by atoms with Crippen molar-refractivity contribution in [2.75, 3.05) is 19.6 Å². The van der Waals surface area contributed by atoms with Gasteiger partial charge in [0.25, 0.3) is 0 Å². The van der Waals surface area contributed by atoms with Gasteiger partial charge in [-0.15, -0.1) is 0 Å². The molecule has 1 fully saturated rings. The second-order valence-electron chi connectivity index (χ2n) is 5.76. The average Bonchev–Trinajstić information content (AvgIpc) is 2.18. The lowest BCUT2D eigenvalue weighted by Gasteiger charge is -2.28. The molecule has 0 radical (unpaired) electrons. The Hall–Kier alpha value is -1.14. The molecule has 1 heterocycles. The third-order valence-corrected chi connectivity index (χ3v) is 2.67. The number of urea groups is 1. The zero-order chi connectivity index (χ0) is 13.8. The largest absolute Gasteiger partial charge is 0.393 e. The molecule has 0 bridgehead atoms. The van der Waals surface area contributed by atoms with Gasteiger partial charge >= 0.3 is 6.03 Å². The number of amides is 3.